The predicted octanol–water partition coefficient (Wildman–Crippen LogP) is 0.672. The van der Waals surface area contributed by atoms with E-state index in [0.29, 0.717) is 50.9 Å². The fraction of sp³-hybridized carbons (Fsp3) is 0.611. The first-order valence-corrected chi connectivity index (χ1v) is 9.25. The molecule has 2 amide bonds. The Balaban J connectivity index is 1.36. The Morgan fingerprint density at radius 1 is 1.23 bits per heavy atom. The minimum atomic E-state index is -0.0701. The van der Waals surface area contributed by atoms with E-state index in [0.717, 1.165) is 25.2 Å². The van der Waals surface area contributed by atoms with Crippen molar-refractivity contribution in [2.75, 3.05) is 39.8 Å². The standard InChI is InChI=1S/C18H27N5O3/c1-19-18(20-8-2-5-16(24)21-14-6-7-14)23-11-9-22(10-12-23)17(25)15-4-3-13-26-15/h3-4,13-14H,2,5-12H2,1H3,(H,19,20)(H,21,24). The summed E-state index contributed by atoms with van der Waals surface area (Å²) in [4.78, 5) is 32.2. The Kier molecular flexibility index (Phi) is 6.14. The Labute approximate surface area is 153 Å². The average molecular weight is 361 g/mol. The predicted molar refractivity (Wildman–Crippen MR) is 97.9 cm³/mol. The van der Waals surface area contributed by atoms with Crippen LogP contribution < -0.4 is 10.6 Å². The van der Waals surface area contributed by atoms with E-state index in [1.54, 1.807) is 24.1 Å². The smallest absolute Gasteiger partial charge is 0.289 e. The van der Waals surface area contributed by atoms with Crippen LogP contribution >= 0.6 is 0 Å². The second-order valence-corrected chi connectivity index (χ2v) is 6.68. The zero-order valence-electron chi connectivity index (χ0n) is 15.2. The highest BCUT2D eigenvalue weighted by atomic mass is 16.3. The van der Waals surface area contributed by atoms with Crippen LogP contribution in [0.1, 0.15) is 36.2 Å². The number of carbonyl (C=O) groups excluding carboxylic acids is 2. The molecule has 1 aromatic rings. The van der Waals surface area contributed by atoms with Crippen molar-refractivity contribution in [2.24, 2.45) is 4.99 Å². The minimum Gasteiger partial charge on any atom is -0.459 e. The number of guanidine groups is 1. The molecule has 2 fully saturated rings. The molecule has 0 aromatic carbocycles. The molecule has 2 N–H and O–H groups in total. The van der Waals surface area contributed by atoms with Gasteiger partial charge in [-0.15, -0.1) is 0 Å². The summed E-state index contributed by atoms with van der Waals surface area (Å²) >= 11 is 0. The van der Waals surface area contributed by atoms with Gasteiger partial charge in [0.25, 0.3) is 5.91 Å². The monoisotopic (exact) mass is 361 g/mol. The number of amides is 2. The normalized spacial score (nSPS) is 18.0. The number of furan rings is 1. The van der Waals surface area contributed by atoms with E-state index in [4.69, 9.17) is 4.42 Å². The van der Waals surface area contributed by atoms with Crippen LogP contribution in [0, 0.1) is 0 Å². The van der Waals surface area contributed by atoms with Crippen molar-refractivity contribution in [3.63, 3.8) is 0 Å². The van der Waals surface area contributed by atoms with Crippen LogP contribution in [0.5, 0.6) is 0 Å². The summed E-state index contributed by atoms with van der Waals surface area (Å²) in [5, 5.41) is 6.30. The first kappa shape index (κ1) is 18.3. The van der Waals surface area contributed by atoms with Crippen LogP contribution in [-0.2, 0) is 4.79 Å². The molecule has 1 aliphatic heterocycles. The van der Waals surface area contributed by atoms with E-state index >= 15 is 0 Å². The quantitative estimate of drug-likeness (QED) is 0.442. The van der Waals surface area contributed by atoms with Gasteiger partial charge in [-0.25, -0.2) is 0 Å². The molecule has 1 saturated heterocycles. The molecule has 2 heterocycles. The zero-order valence-corrected chi connectivity index (χ0v) is 15.2. The number of carbonyl (C=O) groups is 2. The van der Waals surface area contributed by atoms with Crippen molar-refractivity contribution < 1.29 is 14.0 Å². The molecule has 0 atom stereocenters. The summed E-state index contributed by atoms with van der Waals surface area (Å²) in [7, 11) is 1.75. The molecule has 142 valence electrons. The molecule has 0 bridgehead atoms. The molecular formula is C18H27N5O3. The summed E-state index contributed by atoms with van der Waals surface area (Å²) in [6, 6.07) is 3.83. The SMILES string of the molecule is CN=C(NCCCC(=O)NC1CC1)N1CCN(C(=O)c2ccco2)CC1. The second-order valence-electron chi connectivity index (χ2n) is 6.68. The third-order valence-electron chi connectivity index (χ3n) is 4.62. The van der Waals surface area contributed by atoms with Crippen LogP contribution in [0.4, 0.5) is 0 Å². The Hall–Kier alpha value is -2.51. The molecule has 1 saturated carbocycles. The molecule has 2 aliphatic rings. The first-order valence-electron chi connectivity index (χ1n) is 9.25. The summed E-state index contributed by atoms with van der Waals surface area (Å²) in [5.41, 5.74) is 0. The van der Waals surface area contributed by atoms with Crippen molar-refractivity contribution in [3.8, 4) is 0 Å². The Morgan fingerprint density at radius 2 is 1.96 bits per heavy atom. The number of hydrogen-bond acceptors (Lipinski definition) is 4. The van der Waals surface area contributed by atoms with Crippen molar-refractivity contribution >= 4 is 17.8 Å². The molecule has 0 spiro atoms. The summed E-state index contributed by atoms with van der Waals surface area (Å²) < 4.78 is 5.18. The largest absolute Gasteiger partial charge is 0.459 e. The van der Waals surface area contributed by atoms with Gasteiger partial charge < -0.3 is 24.9 Å². The summed E-state index contributed by atoms with van der Waals surface area (Å²) in [6.07, 6.45) is 5.05. The molecule has 1 aromatic heterocycles. The lowest BCUT2D eigenvalue weighted by atomic mass is 10.2. The number of nitrogens with zero attached hydrogens (tertiary/aromatic N) is 3. The molecule has 1 aliphatic carbocycles. The van der Waals surface area contributed by atoms with Gasteiger partial charge in [-0.2, -0.15) is 0 Å². The highest BCUT2D eigenvalue weighted by Crippen LogP contribution is 2.18. The number of nitrogens with one attached hydrogen (secondary N) is 2. The van der Waals surface area contributed by atoms with Crippen LogP contribution in [0.15, 0.2) is 27.8 Å². The van der Waals surface area contributed by atoms with Gasteiger partial charge in [-0.3, -0.25) is 14.6 Å². The maximum Gasteiger partial charge on any atom is 0.289 e. The third-order valence-corrected chi connectivity index (χ3v) is 4.62. The Bertz CT molecular complexity index is 631. The summed E-state index contributed by atoms with van der Waals surface area (Å²) in [5.74, 6) is 1.26. The topological polar surface area (TPSA) is 90.2 Å². The van der Waals surface area contributed by atoms with Gasteiger partial charge in [0.1, 0.15) is 0 Å². The van der Waals surface area contributed by atoms with Crippen LogP contribution in [0.2, 0.25) is 0 Å². The Morgan fingerprint density at radius 3 is 2.58 bits per heavy atom. The molecular weight excluding hydrogens is 334 g/mol. The lowest BCUT2D eigenvalue weighted by Gasteiger charge is -2.36. The molecule has 0 unspecified atom stereocenters. The van der Waals surface area contributed by atoms with Crippen molar-refractivity contribution in [2.45, 2.75) is 31.7 Å². The average Bonchev–Trinajstić information content (AvgIpc) is 3.30. The number of aliphatic imine (C=N–C) groups is 1. The van der Waals surface area contributed by atoms with Gasteiger partial charge in [-0.05, 0) is 31.4 Å². The van der Waals surface area contributed by atoms with E-state index in [9.17, 15) is 9.59 Å². The van der Waals surface area contributed by atoms with E-state index in [2.05, 4.69) is 20.5 Å². The first-order chi connectivity index (χ1) is 12.7. The van der Waals surface area contributed by atoms with Crippen LogP contribution in [0.3, 0.4) is 0 Å². The molecule has 8 nitrogen and oxygen atoms in total. The fourth-order valence-corrected chi connectivity index (χ4v) is 2.99. The summed E-state index contributed by atoms with van der Waals surface area (Å²) in [6.45, 7) is 3.40. The number of rotatable bonds is 6. The maximum absolute atomic E-state index is 12.3. The lowest BCUT2D eigenvalue weighted by molar-refractivity contribution is -0.121. The van der Waals surface area contributed by atoms with Crippen molar-refractivity contribution in [1.29, 1.82) is 0 Å². The van der Waals surface area contributed by atoms with Crippen molar-refractivity contribution in [1.82, 2.24) is 20.4 Å². The zero-order chi connectivity index (χ0) is 18.4. The molecule has 3 rings (SSSR count). The van der Waals surface area contributed by atoms with Crippen molar-refractivity contribution in [3.05, 3.63) is 24.2 Å². The van der Waals surface area contributed by atoms with E-state index in [1.165, 1.54) is 6.26 Å². The fourth-order valence-electron chi connectivity index (χ4n) is 2.99. The van der Waals surface area contributed by atoms with E-state index in [1.807, 2.05) is 0 Å². The van der Waals surface area contributed by atoms with Gasteiger partial charge >= 0.3 is 0 Å². The van der Waals surface area contributed by atoms with Crippen LogP contribution in [0.25, 0.3) is 0 Å². The minimum absolute atomic E-state index is 0.0701. The highest BCUT2D eigenvalue weighted by molar-refractivity contribution is 5.91. The second kappa shape index (κ2) is 8.73. The molecule has 26 heavy (non-hydrogen) atoms. The van der Waals surface area contributed by atoms with Gasteiger partial charge in [0.2, 0.25) is 5.91 Å². The molecule has 0 radical (unpaired) electrons. The van der Waals surface area contributed by atoms with E-state index in [-0.39, 0.29) is 11.8 Å². The highest BCUT2D eigenvalue weighted by Gasteiger charge is 2.25. The number of hydrogen-bond donors (Lipinski definition) is 2. The van der Waals surface area contributed by atoms with Gasteiger partial charge in [0.15, 0.2) is 11.7 Å². The van der Waals surface area contributed by atoms with E-state index < -0.39 is 0 Å². The van der Waals surface area contributed by atoms with Gasteiger partial charge in [0.05, 0.1) is 6.26 Å². The third kappa shape index (κ3) is 5.00. The van der Waals surface area contributed by atoms with Crippen LogP contribution in [-0.4, -0.2) is 73.4 Å². The van der Waals surface area contributed by atoms with Gasteiger partial charge in [-0.1, -0.05) is 0 Å². The lowest BCUT2D eigenvalue weighted by Crippen LogP contribution is -2.53. The van der Waals surface area contributed by atoms with Gasteiger partial charge in [0, 0.05) is 52.2 Å². The number of piperazine rings is 1. The molecule has 8 heteroatoms. The maximum atomic E-state index is 12.3.